The van der Waals surface area contributed by atoms with Gasteiger partial charge in [0.05, 0.1) is 16.1 Å². The normalized spacial score (nSPS) is 18.9. The summed E-state index contributed by atoms with van der Waals surface area (Å²) >= 11 is 3.42. The maximum absolute atomic E-state index is 14.7. The Bertz CT molecular complexity index is 793. The number of benzene rings is 1. The minimum Gasteiger partial charge on any atom is -0.411 e. The number of halogens is 2. The molecule has 1 fully saturated rings. The number of hydrogen-bond acceptors (Lipinski definition) is 2. The second-order valence-corrected chi connectivity index (χ2v) is 17.8. The van der Waals surface area contributed by atoms with Crippen LogP contribution in [0.2, 0.25) is 18.1 Å². The van der Waals surface area contributed by atoms with Crippen LogP contribution in [0.15, 0.2) is 27.1 Å². The van der Waals surface area contributed by atoms with Crippen molar-refractivity contribution >= 4 is 40.9 Å². The molecule has 2 rings (SSSR count). The molecule has 0 heterocycles. The van der Waals surface area contributed by atoms with Crippen LogP contribution >= 0.6 is 15.9 Å². The van der Waals surface area contributed by atoms with Gasteiger partial charge >= 0.3 is 0 Å². The fourth-order valence-electron chi connectivity index (χ4n) is 2.59. The maximum atomic E-state index is 14.7. The molecule has 1 aromatic rings. The molecule has 1 aliphatic carbocycles. The van der Waals surface area contributed by atoms with E-state index in [1.807, 2.05) is 20.8 Å². The Morgan fingerprint density at radius 3 is 2.29 bits per heavy atom. The van der Waals surface area contributed by atoms with Crippen LogP contribution < -0.4 is 0 Å². The summed E-state index contributed by atoms with van der Waals surface area (Å²) in [7, 11) is -3.45. The van der Waals surface area contributed by atoms with Crippen LogP contribution in [0.3, 0.4) is 0 Å². The standard InChI is InChI=1S/C21H33BrFNO2SSi/c1-19(2,3)27(25)24-18(16-13-15(22)9-10-17(16)23)14-21(11-12-21)26-28(7,8)20(4,5)6/h9-10,13H,11-12,14H2,1-8H3/b24-18-. The molecule has 158 valence electrons. The third-order valence-corrected chi connectivity index (χ3v) is 12.0. The Balaban J connectivity index is 2.43. The van der Waals surface area contributed by atoms with Gasteiger partial charge in [0.25, 0.3) is 0 Å². The molecule has 0 amide bonds. The zero-order valence-corrected chi connectivity index (χ0v) is 21.7. The van der Waals surface area contributed by atoms with Gasteiger partial charge in [-0.25, -0.2) is 8.60 Å². The van der Waals surface area contributed by atoms with Gasteiger partial charge in [0.2, 0.25) is 0 Å². The molecule has 0 aliphatic heterocycles. The van der Waals surface area contributed by atoms with Gasteiger partial charge in [-0.15, -0.1) is 0 Å². The first kappa shape index (κ1) is 23.9. The summed E-state index contributed by atoms with van der Waals surface area (Å²) in [4.78, 5) is 0. The van der Waals surface area contributed by atoms with Crippen molar-refractivity contribution in [3.63, 3.8) is 0 Å². The Kier molecular flexibility index (Phi) is 6.87. The topological polar surface area (TPSA) is 38.7 Å². The van der Waals surface area contributed by atoms with Gasteiger partial charge in [0.1, 0.15) is 16.8 Å². The summed E-state index contributed by atoms with van der Waals surface area (Å²) in [6, 6.07) is 4.80. The first-order valence-electron chi connectivity index (χ1n) is 9.72. The first-order valence-corrected chi connectivity index (χ1v) is 14.5. The fourth-order valence-corrected chi connectivity index (χ4v) is 5.25. The molecule has 0 N–H and O–H groups in total. The zero-order chi connectivity index (χ0) is 21.5. The minimum absolute atomic E-state index is 0.0924. The third-order valence-electron chi connectivity index (χ3n) is 5.53. The van der Waals surface area contributed by atoms with Crippen molar-refractivity contribution in [1.82, 2.24) is 0 Å². The van der Waals surface area contributed by atoms with Crippen LogP contribution in [0.25, 0.3) is 0 Å². The lowest BCUT2D eigenvalue weighted by Gasteiger charge is -2.39. The predicted molar refractivity (Wildman–Crippen MR) is 123 cm³/mol. The van der Waals surface area contributed by atoms with Crippen LogP contribution in [0.5, 0.6) is 0 Å². The zero-order valence-electron chi connectivity index (χ0n) is 18.3. The van der Waals surface area contributed by atoms with Crippen molar-refractivity contribution in [2.24, 2.45) is 4.40 Å². The molecule has 1 saturated carbocycles. The van der Waals surface area contributed by atoms with Crippen LogP contribution in [0, 0.1) is 5.82 Å². The quantitative estimate of drug-likeness (QED) is 0.326. The van der Waals surface area contributed by atoms with Crippen LogP contribution in [-0.4, -0.2) is 28.6 Å². The van der Waals surface area contributed by atoms with Crippen molar-refractivity contribution < 1.29 is 13.0 Å². The van der Waals surface area contributed by atoms with Gasteiger partial charge in [0, 0.05) is 16.5 Å². The predicted octanol–water partition coefficient (Wildman–Crippen LogP) is 6.78. The molecule has 0 saturated heterocycles. The molecule has 0 radical (unpaired) electrons. The molecule has 1 atom stereocenters. The Morgan fingerprint density at radius 1 is 1.25 bits per heavy atom. The Labute approximate surface area is 181 Å². The van der Waals surface area contributed by atoms with Gasteiger partial charge in [0.15, 0.2) is 8.32 Å². The van der Waals surface area contributed by atoms with Crippen LogP contribution in [0.1, 0.15) is 66.4 Å². The van der Waals surface area contributed by atoms with Crippen molar-refractivity contribution in [1.29, 1.82) is 0 Å². The molecule has 1 aromatic carbocycles. The van der Waals surface area contributed by atoms with E-state index in [9.17, 15) is 8.60 Å². The molecule has 28 heavy (non-hydrogen) atoms. The summed E-state index contributed by atoms with van der Waals surface area (Å²) in [5, 5.41) is 0.0924. The minimum atomic E-state index is -1.98. The first-order chi connectivity index (χ1) is 12.6. The van der Waals surface area contributed by atoms with Crippen LogP contribution in [0.4, 0.5) is 4.39 Å². The number of rotatable bonds is 6. The monoisotopic (exact) mass is 489 g/mol. The van der Waals surface area contributed by atoms with Gasteiger partial charge in [-0.3, -0.25) is 0 Å². The molecule has 0 bridgehead atoms. The highest BCUT2D eigenvalue weighted by molar-refractivity contribution is 9.10. The van der Waals surface area contributed by atoms with Gasteiger partial charge in [-0.05, 0) is 69.9 Å². The van der Waals surface area contributed by atoms with E-state index < -0.39 is 24.1 Å². The van der Waals surface area contributed by atoms with Gasteiger partial charge < -0.3 is 4.43 Å². The fraction of sp³-hybridized carbons (Fsp3) is 0.667. The SMILES string of the molecule is CC(C)(C)S(=O)/N=C(/CC1(O[Si](C)(C)C(C)(C)C)CC1)c1cc(Br)ccc1F. The Hall–Kier alpha value is -0.373. The summed E-state index contributed by atoms with van der Waals surface area (Å²) in [5.41, 5.74) is 0.610. The molecule has 1 unspecified atom stereocenters. The van der Waals surface area contributed by atoms with E-state index in [2.05, 4.69) is 54.2 Å². The number of hydrogen-bond donors (Lipinski definition) is 0. The van der Waals surface area contributed by atoms with E-state index in [4.69, 9.17) is 4.43 Å². The lowest BCUT2D eigenvalue weighted by Crippen LogP contribution is -2.45. The second-order valence-electron chi connectivity index (χ2n) is 10.2. The molecule has 1 aliphatic rings. The van der Waals surface area contributed by atoms with Crippen LogP contribution in [-0.2, 0) is 15.4 Å². The lowest BCUT2D eigenvalue weighted by molar-refractivity contribution is 0.166. The Morgan fingerprint density at radius 2 is 1.82 bits per heavy atom. The molecule has 0 aromatic heterocycles. The smallest absolute Gasteiger partial charge is 0.192 e. The summed E-state index contributed by atoms with van der Waals surface area (Å²) in [6.07, 6.45) is 2.33. The highest BCUT2D eigenvalue weighted by Crippen LogP contribution is 2.50. The van der Waals surface area contributed by atoms with E-state index in [-0.39, 0.29) is 16.5 Å². The van der Waals surface area contributed by atoms with Crippen molar-refractivity contribution in [2.45, 2.75) is 89.3 Å². The largest absolute Gasteiger partial charge is 0.411 e. The lowest BCUT2D eigenvalue weighted by atomic mass is 10.0. The van der Waals surface area contributed by atoms with Gasteiger partial charge in [-0.1, -0.05) is 36.7 Å². The highest BCUT2D eigenvalue weighted by atomic mass is 79.9. The van der Waals surface area contributed by atoms with E-state index in [1.165, 1.54) is 6.07 Å². The maximum Gasteiger partial charge on any atom is 0.192 e. The molecule has 3 nitrogen and oxygen atoms in total. The second kappa shape index (κ2) is 8.04. The van der Waals surface area contributed by atoms with E-state index >= 15 is 0 Å². The molecule has 7 heteroatoms. The van der Waals surface area contributed by atoms with Crippen molar-refractivity contribution in [3.8, 4) is 0 Å². The van der Waals surface area contributed by atoms with E-state index in [1.54, 1.807) is 12.1 Å². The molecular formula is C21H33BrFNO2SSi. The van der Waals surface area contributed by atoms with Gasteiger partial charge in [-0.2, -0.15) is 4.40 Å². The summed E-state index contributed by atoms with van der Waals surface area (Å²) in [5.74, 6) is -0.351. The average Bonchev–Trinajstić information content (AvgIpc) is 3.25. The van der Waals surface area contributed by atoms with E-state index in [0.717, 1.165) is 17.3 Å². The summed E-state index contributed by atoms with van der Waals surface area (Å²) in [6.45, 7) is 16.7. The number of nitrogens with zero attached hydrogens (tertiary/aromatic N) is 1. The van der Waals surface area contributed by atoms with E-state index in [0.29, 0.717) is 17.7 Å². The molecular weight excluding hydrogens is 457 g/mol. The summed E-state index contributed by atoms with van der Waals surface area (Å²) < 4.78 is 38.9. The highest BCUT2D eigenvalue weighted by Gasteiger charge is 2.52. The van der Waals surface area contributed by atoms with Crippen molar-refractivity contribution in [2.75, 3.05) is 0 Å². The average molecular weight is 491 g/mol. The van der Waals surface area contributed by atoms with Crippen molar-refractivity contribution in [3.05, 3.63) is 34.1 Å². The molecule has 0 spiro atoms. The third kappa shape index (κ3) is 5.83.